The van der Waals surface area contributed by atoms with Crippen LogP contribution in [-0.4, -0.2) is 5.78 Å². The molecule has 0 spiro atoms. The molecular weight excluding hydrogens is 220 g/mol. The predicted octanol–water partition coefficient (Wildman–Crippen LogP) is 4.14. The second-order valence-electron chi connectivity index (χ2n) is 5.28. The van der Waals surface area contributed by atoms with Crippen LogP contribution in [0.15, 0.2) is 42.5 Å². The van der Waals surface area contributed by atoms with E-state index in [1.54, 1.807) is 0 Å². The van der Waals surface area contributed by atoms with Crippen molar-refractivity contribution in [1.82, 2.24) is 0 Å². The molecule has 0 amide bonds. The zero-order valence-electron chi connectivity index (χ0n) is 10.6. The molecule has 0 heterocycles. The van der Waals surface area contributed by atoms with Crippen molar-refractivity contribution in [2.75, 3.05) is 0 Å². The average molecular weight is 238 g/mol. The number of aryl methyl sites for hydroxylation is 1. The van der Waals surface area contributed by atoms with Crippen molar-refractivity contribution in [3.63, 3.8) is 0 Å². The minimum absolute atomic E-state index is 0.330. The Hall–Kier alpha value is -1.63. The Kier molecular flexibility index (Phi) is 3.14. The van der Waals surface area contributed by atoms with Crippen molar-refractivity contribution in [2.24, 2.45) is 5.92 Å². The quantitative estimate of drug-likeness (QED) is 0.785. The van der Waals surface area contributed by atoms with Crippen LogP contribution in [0.2, 0.25) is 0 Å². The summed E-state index contributed by atoms with van der Waals surface area (Å²) in [4.78, 5) is 11.6. The average Bonchev–Trinajstić information content (AvgIpc) is 2.82. The van der Waals surface area contributed by atoms with Crippen LogP contribution >= 0.6 is 0 Å². The fourth-order valence-electron chi connectivity index (χ4n) is 2.93. The number of ketones is 1. The summed E-state index contributed by atoms with van der Waals surface area (Å²) < 4.78 is 0. The van der Waals surface area contributed by atoms with E-state index < -0.39 is 0 Å². The normalized spacial score (nSPS) is 19.6. The number of carbonyl (C=O) groups excluding carboxylic acids is 1. The van der Waals surface area contributed by atoms with Gasteiger partial charge in [-0.3, -0.25) is 4.79 Å². The van der Waals surface area contributed by atoms with Crippen molar-refractivity contribution in [3.8, 4) is 0 Å². The number of rotatable bonds is 3. The molecule has 0 bridgehead atoms. The van der Waals surface area contributed by atoms with E-state index >= 15 is 0 Å². The SMILES string of the molecule is O=C1CCCC1CCc1ccc2ccccc2c1. The Morgan fingerprint density at radius 3 is 2.67 bits per heavy atom. The third kappa shape index (κ3) is 2.31. The third-order valence-electron chi connectivity index (χ3n) is 4.03. The highest BCUT2D eigenvalue weighted by molar-refractivity contribution is 5.83. The van der Waals surface area contributed by atoms with Gasteiger partial charge in [0.05, 0.1) is 0 Å². The summed E-state index contributed by atoms with van der Waals surface area (Å²) in [6, 6.07) is 15.1. The van der Waals surface area contributed by atoms with E-state index in [2.05, 4.69) is 42.5 Å². The van der Waals surface area contributed by atoms with Gasteiger partial charge in [-0.25, -0.2) is 0 Å². The summed E-state index contributed by atoms with van der Waals surface area (Å²) in [5, 5.41) is 2.59. The van der Waals surface area contributed by atoms with Crippen LogP contribution in [0, 0.1) is 5.92 Å². The first kappa shape index (κ1) is 11.5. The van der Waals surface area contributed by atoms with Crippen LogP contribution in [0.3, 0.4) is 0 Å². The summed E-state index contributed by atoms with van der Waals surface area (Å²) in [5.74, 6) is 0.812. The Bertz CT molecular complexity index is 571. The first-order valence-electron chi connectivity index (χ1n) is 6.83. The minimum atomic E-state index is 0.330. The van der Waals surface area contributed by atoms with Gasteiger partial charge in [0.2, 0.25) is 0 Å². The zero-order chi connectivity index (χ0) is 12.4. The molecule has 1 fully saturated rings. The molecule has 2 aromatic rings. The largest absolute Gasteiger partial charge is 0.299 e. The fourth-order valence-corrected chi connectivity index (χ4v) is 2.93. The number of Topliss-reactive ketones (excluding diaryl/α,β-unsaturated/α-hetero) is 1. The summed E-state index contributed by atoms with van der Waals surface area (Å²) in [5.41, 5.74) is 1.36. The smallest absolute Gasteiger partial charge is 0.135 e. The zero-order valence-corrected chi connectivity index (χ0v) is 10.6. The lowest BCUT2D eigenvalue weighted by Gasteiger charge is -2.08. The van der Waals surface area contributed by atoms with Gasteiger partial charge in [0.15, 0.2) is 0 Å². The maximum atomic E-state index is 11.6. The molecule has 0 radical (unpaired) electrons. The van der Waals surface area contributed by atoms with E-state index in [0.717, 1.165) is 32.1 Å². The van der Waals surface area contributed by atoms with Gasteiger partial charge in [0, 0.05) is 12.3 Å². The van der Waals surface area contributed by atoms with E-state index in [9.17, 15) is 4.79 Å². The van der Waals surface area contributed by atoms with Crippen molar-refractivity contribution < 1.29 is 4.79 Å². The molecule has 18 heavy (non-hydrogen) atoms. The highest BCUT2D eigenvalue weighted by Crippen LogP contribution is 2.26. The number of carbonyl (C=O) groups is 1. The number of hydrogen-bond donors (Lipinski definition) is 0. The summed E-state index contributed by atoms with van der Waals surface area (Å²) >= 11 is 0. The summed E-state index contributed by atoms with van der Waals surface area (Å²) in [6.07, 6.45) is 5.06. The number of hydrogen-bond acceptors (Lipinski definition) is 1. The molecule has 2 aromatic carbocycles. The van der Waals surface area contributed by atoms with Crippen LogP contribution in [0.4, 0.5) is 0 Å². The molecule has 1 aliphatic rings. The van der Waals surface area contributed by atoms with E-state index in [1.807, 2.05) is 0 Å². The first-order valence-corrected chi connectivity index (χ1v) is 6.83. The molecule has 92 valence electrons. The monoisotopic (exact) mass is 238 g/mol. The van der Waals surface area contributed by atoms with Gasteiger partial charge < -0.3 is 0 Å². The highest BCUT2D eigenvalue weighted by atomic mass is 16.1. The molecule has 1 nitrogen and oxygen atoms in total. The van der Waals surface area contributed by atoms with Gasteiger partial charge in [0.1, 0.15) is 5.78 Å². The van der Waals surface area contributed by atoms with Gasteiger partial charge in [-0.2, -0.15) is 0 Å². The second kappa shape index (κ2) is 4.93. The third-order valence-corrected chi connectivity index (χ3v) is 4.03. The minimum Gasteiger partial charge on any atom is -0.299 e. The van der Waals surface area contributed by atoms with Crippen molar-refractivity contribution in [2.45, 2.75) is 32.1 Å². The maximum absolute atomic E-state index is 11.6. The van der Waals surface area contributed by atoms with Gasteiger partial charge in [-0.15, -0.1) is 0 Å². The van der Waals surface area contributed by atoms with Crippen LogP contribution in [0.1, 0.15) is 31.2 Å². The summed E-state index contributed by atoms with van der Waals surface area (Å²) in [6.45, 7) is 0. The van der Waals surface area contributed by atoms with Gasteiger partial charge >= 0.3 is 0 Å². The molecule has 1 heteroatoms. The van der Waals surface area contributed by atoms with Crippen molar-refractivity contribution >= 4 is 16.6 Å². The Labute approximate surface area is 108 Å². The van der Waals surface area contributed by atoms with Crippen LogP contribution in [0.25, 0.3) is 10.8 Å². The molecule has 1 saturated carbocycles. The Balaban J connectivity index is 1.72. The lowest BCUT2D eigenvalue weighted by molar-refractivity contribution is -0.120. The molecule has 1 aliphatic carbocycles. The van der Waals surface area contributed by atoms with Crippen LogP contribution < -0.4 is 0 Å². The molecule has 3 rings (SSSR count). The van der Waals surface area contributed by atoms with E-state index in [0.29, 0.717) is 11.7 Å². The molecule has 0 N–H and O–H groups in total. The molecule has 1 atom stereocenters. The van der Waals surface area contributed by atoms with E-state index in [4.69, 9.17) is 0 Å². The predicted molar refractivity (Wildman–Crippen MR) is 74.6 cm³/mol. The van der Waals surface area contributed by atoms with E-state index in [-0.39, 0.29) is 0 Å². The van der Waals surface area contributed by atoms with Gasteiger partial charge in [-0.1, -0.05) is 42.5 Å². The molecule has 1 unspecified atom stereocenters. The lowest BCUT2D eigenvalue weighted by Crippen LogP contribution is -2.07. The highest BCUT2D eigenvalue weighted by Gasteiger charge is 2.23. The van der Waals surface area contributed by atoms with Crippen molar-refractivity contribution in [3.05, 3.63) is 48.0 Å². The second-order valence-corrected chi connectivity index (χ2v) is 5.28. The molecule has 0 aliphatic heterocycles. The first-order chi connectivity index (χ1) is 8.83. The number of fused-ring (bicyclic) bond motifs is 1. The van der Waals surface area contributed by atoms with Crippen molar-refractivity contribution in [1.29, 1.82) is 0 Å². The van der Waals surface area contributed by atoms with Gasteiger partial charge in [-0.05, 0) is 42.0 Å². The molecular formula is C17H18O. The topological polar surface area (TPSA) is 17.1 Å². The van der Waals surface area contributed by atoms with E-state index in [1.165, 1.54) is 16.3 Å². The number of benzene rings is 2. The fraction of sp³-hybridized carbons (Fsp3) is 0.353. The van der Waals surface area contributed by atoms with Gasteiger partial charge in [0.25, 0.3) is 0 Å². The Morgan fingerprint density at radius 2 is 1.89 bits per heavy atom. The molecule has 0 saturated heterocycles. The van der Waals surface area contributed by atoms with Crippen LogP contribution in [0.5, 0.6) is 0 Å². The summed E-state index contributed by atoms with van der Waals surface area (Å²) in [7, 11) is 0. The Morgan fingerprint density at radius 1 is 1.06 bits per heavy atom. The standard InChI is InChI=1S/C17H18O/c18-17-7-3-6-15(17)11-9-13-8-10-14-4-1-2-5-16(14)12-13/h1-2,4-5,8,10,12,15H,3,6-7,9,11H2. The maximum Gasteiger partial charge on any atom is 0.135 e. The molecule has 0 aromatic heterocycles. The lowest BCUT2D eigenvalue weighted by atomic mass is 9.96. The van der Waals surface area contributed by atoms with Crippen LogP contribution in [-0.2, 0) is 11.2 Å².